The van der Waals surface area contributed by atoms with Crippen LogP contribution in [0.1, 0.15) is 5.56 Å². The van der Waals surface area contributed by atoms with Crippen LogP contribution in [0.15, 0.2) is 24.5 Å². The molecule has 58 valence electrons. The fraction of sp³-hybridized carbons (Fsp3) is 0.143. The van der Waals surface area contributed by atoms with Crippen LogP contribution < -0.4 is 0 Å². The molecule has 0 radical (unpaired) electrons. The Bertz CT molecular complexity index is 237. The lowest BCUT2D eigenvalue weighted by Gasteiger charge is -1.97. The number of ether oxygens (including phenoxy) is 1. The van der Waals surface area contributed by atoms with Crippen LogP contribution in [0.25, 0.3) is 0 Å². The molecule has 4 heteroatoms. The molecule has 3 nitrogen and oxygen atoms in total. The van der Waals surface area contributed by atoms with E-state index in [2.05, 4.69) is 9.72 Å². The third-order valence-corrected chi connectivity index (χ3v) is 1.18. The van der Waals surface area contributed by atoms with E-state index in [0.29, 0.717) is 0 Å². The van der Waals surface area contributed by atoms with Gasteiger partial charge in [0.1, 0.15) is 6.61 Å². The van der Waals surface area contributed by atoms with E-state index < -0.39 is 5.43 Å². The Balaban J connectivity index is 2.45. The summed E-state index contributed by atoms with van der Waals surface area (Å²) in [6.07, 6.45) is 3.26. The molecule has 0 aromatic carbocycles. The highest BCUT2D eigenvalue weighted by Gasteiger charge is 1.95. The van der Waals surface area contributed by atoms with Crippen molar-refractivity contribution in [2.75, 3.05) is 0 Å². The SMILES string of the molecule is O=C(Cl)OCc1cccnc1. The first kappa shape index (κ1) is 8.01. The molecule has 0 saturated carbocycles. The maximum atomic E-state index is 10.1. The highest BCUT2D eigenvalue weighted by Crippen LogP contribution is 1.99. The molecule has 0 atom stereocenters. The molecular formula is C7H6ClNO2. The molecule has 0 aliphatic heterocycles. The smallest absolute Gasteiger partial charge is 0.404 e. The summed E-state index contributed by atoms with van der Waals surface area (Å²) in [6.45, 7) is 0.177. The molecule has 0 aliphatic rings. The Hall–Kier alpha value is -1.09. The van der Waals surface area contributed by atoms with Gasteiger partial charge in [0.15, 0.2) is 0 Å². The number of rotatable bonds is 2. The second-order valence-electron chi connectivity index (χ2n) is 1.89. The van der Waals surface area contributed by atoms with Crippen molar-refractivity contribution >= 4 is 17.0 Å². The van der Waals surface area contributed by atoms with Crippen molar-refractivity contribution in [3.63, 3.8) is 0 Å². The van der Waals surface area contributed by atoms with Crippen LogP contribution in [0.5, 0.6) is 0 Å². The van der Waals surface area contributed by atoms with E-state index in [-0.39, 0.29) is 6.61 Å². The van der Waals surface area contributed by atoms with Gasteiger partial charge in [-0.3, -0.25) is 4.98 Å². The number of carbonyl (C=O) groups excluding carboxylic acids is 1. The average molecular weight is 172 g/mol. The predicted octanol–water partition coefficient (Wildman–Crippen LogP) is 1.96. The molecule has 0 spiro atoms. The third kappa shape index (κ3) is 3.00. The topological polar surface area (TPSA) is 39.2 Å². The van der Waals surface area contributed by atoms with Crippen LogP contribution in [-0.2, 0) is 11.3 Å². The van der Waals surface area contributed by atoms with E-state index in [1.54, 1.807) is 24.5 Å². The molecule has 0 amide bonds. The molecular weight excluding hydrogens is 166 g/mol. The summed E-state index contributed by atoms with van der Waals surface area (Å²) in [7, 11) is 0. The van der Waals surface area contributed by atoms with Gasteiger partial charge >= 0.3 is 5.43 Å². The van der Waals surface area contributed by atoms with Gasteiger partial charge in [0.05, 0.1) is 0 Å². The van der Waals surface area contributed by atoms with Crippen LogP contribution in [0.4, 0.5) is 4.79 Å². The zero-order chi connectivity index (χ0) is 8.10. The number of pyridine rings is 1. The first-order valence-electron chi connectivity index (χ1n) is 3.00. The van der Waals surface area contributed by atoms with Crippen LogP contribution in [-0.4, -0.2) is 10.4 Å². The molecule has 1 rings (SSSR count). The molecule has 0 unspecified atom stereocenters. The van der Waals surface area contributed by atoms with E-state index in [1.807, 2.05) is 0 Å². The van der Waals surface area contributed by atoms with E-state index in [4.69, 9.17) is 11.6 Å². The van der Waals surface area contributed by atoms with Gasteiger partial charge < -0.3 is 4.74 Å². The molecule has 0 saturated heterocycles. The molecule has 1 heterocycles. The first-order chi connectivity index (χ1) is 5.29. The van der Waals surface area contributed by atoms with Gasteiger partial charge in [-0.05, 0) is 6.07 Å². The molecule has 0 N–H and O–H groups in total. The summed E-state index contributed by atoms with van der Waals surface area (Å²) in [5, 5.41) is 0. The second kappa shape index (κ2) is 3.93. The normalized spacial score (nSPS) is 9.18. The summed E-state index contributed by atoms with van der Waals surface area (Å²) in [4.78, 5) is 14.0. The fourth-order valence-corrected chi connectivity index (χ4v) is 0.678. The van der Waals surface area contributed by atoms with Crippen LogP contribution in [0.2, 0.25) is 0 Å². The highest BCUT2D eigenvalue weighted by molar-refractivity contribution is 6.61. The minimum atomic E-state index is -0.797. The lowest BCUT2D eigenvalue weighted by molar-refractivity contribution is 0.167. The maximum Gasteiger partial charge on any atom is 0.404 e. The summed E-state index contributed by atoms with van der Waals surface area (Å²) in [5.74, 6) is 0. The molecule has 11 heavy (non-hydrogen) atoms. The lowest BCUT2D eigenvalue weighted by atomic mass is 10.3. The van der Waals surface area contributed by atoms with Gasteiger partial charge in [-0.2, -0.15) is 0 Å². The number of aromatic nitrogens is 1. The largest absolute Gasteiger partial charge is 0.449 e. The van der Waals surface area contributed by atoms with Gasteiger partial charge in [-0.25, -0.2) is 4.79 Å². The maximum absolute atomic E-state index is 10.1. The third-order valence-electron chi connectivity index (χ3n) is 1.08. The quantitative estimate of drug-likeness (QED) is 0.639. The Morgan fingerprint density at radius 3 is 3.09 bits per heavy atom. The summed E-state index contributed by atoms with van der Waals surface area (Å²) in [6, 6.07) is 3.56. The van der Waals surface area contributed by atoms with Gasteiger partial charge in [0.2, 0.25) is 0 Å². The van der Waals surface area contributed by atoms with E-state index in [0.717, 1.165) is 5.56 Å². The number of hydrogen-bond donors (Lipinski definition) is 0. The average Bonchev–Trinajstić information content (AvgIpc) is 2.03. The Kier molecular flexibility index (Phi) is 2.86. The number of hydrogen-bond acceptors (Lipinski definition) is 3. The van der Waals surface area contributed by atoms with Crippen molar-refractivity contribution in [2.45, 2.75) is 6.61 Å². The van der Waals surface area contributed by atoms with E-state index in [1.165, 1.54) is 0 Å². The minimum Gasteiger partial charge on any atom is -0.449 e. The second-order valence-corrected chi connectivity index (χ2v) is 2.20. The van der Waals surface area contributed by atoms with Crippen molar-refractivity contribution in [3.8, 4) is 0 Å². The van der Waals surface area contributed by atoms with Crippen LogP contribution in [0.3, 0.4) is 0 Å². The van der Waals surface area contributed by atoms with Crippen LogP contribution in [0, 0.1) is 0 Å². The molecule has 0 aliphatic carbocycles. The van der Waals surface area contributed by atoms with Gasteiger partial charge in [0, 0.05) is 29.6 Å². The van der Waals surface area contributed by atoms with Gasteiger partial charge in [-0.15, -0.1) is 0 Å². The van der Waals surface area contributed by atoms with Crippen molar-refractivity contribution < 1.29 is 9.53 Å². The molecule has 1 aromatic rings. The van der Waals surface area contributed by atoms with Crippen molar-refractivity contribution in [3.05, 3.63) is 30.1 Å². The molecule has 0 bridgehead atoms. The predicted molar refractivity (Wildman–Crippen MR) is 40.3 cm³/mol. The van der Waals surface area contributed by atoms with Crippen LogP contribution >= 0.6 is 11.6 Å². The highest BCUT2D eigenvalue weighted by atomic mass is 35.5. The summed E-state index contributed by atoms with van der Waals surface area (Å²) in [5.41, 5.74) is 0.0235. The van der Waals surface area contributed by atoms with E-state index >= 15 is 0 Å². The van der Waals surface area contributed by atoms with E-state index in [9.17, 15) is 4.79 Å². The Morgan fingerprint density at radius 2 is 2.55 bits per heavy atom. The number of nitrogens with zero attached hydrogens (tertiary/aromatic N) is 1. The molecule has 0 fully saturated rings. The lowest BCUT2D eigenvalue weighted by Crippen LogP contribution is -1.94. The monoisotopic (exact) mass is 171 g/mol. The number of carbonyl (C=O) groups is 1. The molecule has 1 aromatic heterocycles. The Morgan fingerprint density at radius 1 is 1.73 bits per heavy atom. The van der Waals surface area contributed by atoms with Crippen molar-refractivity contribution in [1.82, 2.24) is 4.98 Å². The first-order valence-corrected chi connectivity index (χ1v) is 3.38. The van der Waals surface area contributed by atoms with Gasteiger partial charge in [-0.1, -0.05) is 6.07 Å². The number of halogens is 1. The Labute approximate surface area is 69.0 Å². The zero-order valence-corrected chi connectivity index (χ0v) is 6.41. The summed E-state index contributed by atoms with van der Waals surface area (Å²) >= 11 is 4.95. The standard InChI is InChI=1S/C7H6ClNO2/c8-7(10)11-5-6-2-1-3-9-4-6/h1-4H,5H2. The summed E-state index contributed by atoms with van der Waals surface area (Å²) < 4.78 is 4.51. The van der Waals surface area contributed by atoms with Crippen molar-refractivity contribution in [1.29, 1.82) is 0 Å². The fourth-order valence-electron chi connectivity index (χ4n) is 0.624. The van der Waals surface area contributed by atoms with Crippen molar-refractivity contribution in [2.24, 2.45) is 0 Å². The van der Waals surface area contributed by atoms with Gasteiger partial charge in [0.25, 0.3) is 0 Å². The zero-order valence-electron chi connectivity index (χ0n) is 5.66. The minimum absolute atomic E-state index is 0.177.